The van der Waals surface area contributed by atoms with Crippen LogP contribution in [0.15, 0.2) is 95.5 Å². The molecule has 0 spiro atoms. The van der Waals surface area contributed by atoms with Gasteiger partial charge in [-0.25, -0.2) is 4.98 Å². The van der Waals surface area contributed by atoms with Gasteiger partial charge in [0.05, 0.1) is 37.5 Å². The van der Waals surface area contributed by atoms with Crippen LogP contribution in [0.1, 0.15) is 36.1 Å². The van der Waals surface area contributed by atoms with E-state index in [1.165, 1.54) is 11.1 Å². The van der Waals surface area contributed by atoms with Gasteiger partial charge in [0.15, 0.2) is 0 Å². The maximum Gasteiger partial charge on any atom is 0.236 e. The minimum atomic E-state index is 0.0905. The van der Waals surface area contributed by atoms with Crippen LogP contribution in [0.4, 0.5) is 5.82 Å². The lowest BCUT2D eigenvalue weighted by Gasteiger charge is -2.32. The Balaban J connectivity index is 0.702. The van der Waals surface area contributed by atoms with Crippen molar-refractivity contribution in [2.24, 2.45) is 5.92 Å². The van der Waals surface area contributed by atoms with Crippen LogP contribution in [-0.4, -0.2) is 72.9 Å². The molecule has 0 saturated carbocycles. The van der Waals surface area contributed by atoms with E-state index in [0.29, 0.717) is 45.3 Å². The number of amides is 1. The first-order chi connectivity index (χ1) is 24.7. The van der Waals surface area contributed by atoms with Crippen molar-refractivity contribution in [1.82, 2.24) is 25.0 Å². The number of benzene rings is 3. The molecule has 0 radical (unpaired) electrons. The van der Waals surface area contributed by atoms with Crippen molar-refractivity contribution in [1.29, 1.82) is 0 Å². The van der Waals surface area contributed by atoms with Crippen molar-refractivity contribution >= 4 is 39.5 Å². The highest BCUT2D eigenvalue weighted by atomic mass is 16.5. The fourth-order valence-electron chi connectivity index (χ4n) is 6.65. The van der Waals surface area contributed by atoms with Gasteiger partial charge in [-0.15, -0.1) is 0 Å². The highest BCUT2D eigenvalue weighted by Crippen LogP contribution is 2.26. The maximum atomic E-state index is 12.5. The smallest absolute Gasteiger partial charge is 0.236 e. The molecule has 6 aromatic rings. The van der Waals surface area contributed by atoms with Crippen molar-refractivity contribution in [2.45, 2.75) is 38.6 Å². The number of ether oxygens (including phenoxy) is 2. The number of anilines is 1. The molecule has 7 rings (SSSR count). The fraction of sp³-hybridized carbons (Fsp3) is 0.375. The van der Waals surface area contributed by atoms with Crippen LogP contribution < -0.4 is 15.5 Å². The third kappa shape index (κ3) is 8.87. The SMILES string of the molecule is O=C(CC1CCN(c2ccn3c(n2)nc2ccccc23)CC1)NCCOCCOCCNCc1ccc2cc(CCc3ccccc3)oc2c1. The highest BCUT2D eigenvalue weighted by molar-refractivity contribution is 5.80. The summed E-state index contributed by atoms with van der Waals surface area (Å²) < 4.78 is 19.5. The van der Waals surface area contributed by atoms with Crippen LogP contribution in [0, 0.1) is 5.92 Å². The number of nitrogens with zero attached hydrogens (tertiary/aromatic N) is 4. The Morgan fingerprint density at radius 2 is 1.62 bits per heavy atom. The van der Waals surface area contributed by atoms with Gasteiger partial charge in [0, 0.05) is 57.1 Å². The second-order valence-corrected chi connectivity index (χ2v) is 13.0. The summed E-state index contributed by atoms with van der Waals surface area (Å²) in [6.07, 6.45) is 6.40. The maximum absolute atomic E-state index is 12.5. The number of imidazole rings is 1. The summed E-state index contributed by atoms with van der Waals surface area (Å²) in [5.41, 5.74) is 5.46. The zero-order valence-corrected chi connectivity index (χ0v) is 28.6. The van der Waals surface area contributed by atoms with Crippen LogP contribution in [-0.2, 0) is 33.7 Å². The molecule has 10 nitrogen and oxygen atoms in total. The topological polar surface area (TPSA) is 106 Å². The molecular formula is C40H46N6O4. The molecule has 0 bridgehead atoms. The molecule has 50 heavy (non-hydrogen) atoms. The lowest BCUT2D eigenvalue weighted by molar-refractivity contribution is -0.122. The van der Waals surface area contributed by atoms with Crippen LogP contribution in [0.25, 0.3) is 27.8 Å². The van der Waals surface area contributed by atoms with Crippen molar-refractivity contribution < 1.29 is 18.7 Å². The van der Waals surface area contributed by atoms with E-state index in [0.717, 1.165) is 91.2 Å². The Bertz CT molecular complexity index is 1980. The normalized spacial score (nSPS) is 13.9. The Morgan fingerprint density at radius 3 is 2.48 bits per heavy atom. The second kappa shape index (κ2) is 16.8. The van der Waals surface area contributed by atoms with E-state index in [2.05, 4.69) is 81.2 Å². The lowest BCUT2D eigenvalue weighted by atomic mass is 9.93. The predicted molar refractivity (Wildman–Crippen MR) is 196 cm³/mol. The molecule has 3 aromatic heterocycles. The number of aryl methyl sites for hydroxylation is 2. The minimum Gasteiger partial charge on any atom is -0.461 e. The highest BCUT2D eigenvalue weighted by Gasteiger charge is 2.23. The monoisotopic (exact) mass is 674 g/mol. The number of carbonyl (C=O) groups is 1. The molecule has 10 heteroatoms. The summed E-state index contributed by atoms with van der Waals surface area (Å²) in [7, 11) is 0. The first-order valence-corrected chi connectivity index (χ1v) is 17.8. The first kappa shape index (κ1) is 33.7. The number of para-hydroxylation sites is 2. The Kier molecular flexibility index (Phi) is 11.3. The molecule has 3 aromatic carbocycles. The molecule has 4 heterocycles. The van der Waals surface area contributed by atoms with E-state index in [9.17, 15) is 4.79 Å². The number of hydrogen-bond donors (Lipinski definition) is 2. The molecule has 1 aliphatic rings. The number of furan rings is 1. The average molecular weight is 675 g/mol. The van der Waals surface area contributed by atoms with Crippen LogP contribution in [0.2, 0.25) is 0 Å². The summed E-state index contributed by atoms with van der Waals surface area (Å²) >= 11 is 0. The second-order valence-electron chi connectivity index (χ2n) is 13.0. The average Bonchev–Trinajstić information content (AvgIpc) is 3.74. The molecule has 0 atom stereocenters. The van der Waals surface area contributed by atoms with Gasteiger partial charge < -0.3 is 29.4 Å². The number of hydrogen-bond acceptors (Lipinski definition) is 8. The van der Waals surface area contributed by atoms with Gasteiger partial charge in [-0.05, 0) is 66.6 Å². The Labute approximate surface area is 292 Å². The molecular weight excluding hydrogens is 628 g/mol. The van der Waals surface area contributed by atoms with Crippen LogP contribution in [0.5, 0.6) is 0 Å². The van der Waals surface area contributed by atoms with E-state index in [1.807, 2.05) is 34.9 Å². The quantitative estimate of drug-likeness (QED) is 0.114. The summed E-state index contributed by atoms with van der Waals surface area (Å²) in [5, 5.41) is 7.58. The van der Waals surface area contributed by atoms with E-state index in [4.69, 9.17) is 18.9 Å². The number of fused-ring (bicyclic) bond motifs is 4. The molecule has 2 N–H and O–H groups in total. The molecule has 260 valence electrons. The predicted octanol–water partition coefficient (Wildman–Crippen LogP) is 5.96. The summed E-state index contributed by atoms with van der Waals surface area (Å²) in [6.45, 7) is 5.91. The molecule has 1 saturated heterocycles. The summed E-state index contributed by atoms with van der Waals surface area (Å²) in [6, 6.07) is 29.2. The van der Waals surface area contributed by atoms with Gasteiger partial charge >= 0.3 is 0 Å². The first-order valence-electron chi connectivity index (χ1n) is 17.8. The van der Waals surface area contributed by atoms with Gasteiger partial charge in [0.2, 0.25) is 11.7 Å². The largest absolute Gasteiger partial charge is 0.461 e. The molecule has 0 aliphatic carbocycles. The third-order valence-corrected chi connectivity index (χ3v) is 9.41. The molecule has 1 amide bonds. The van der Waals surface area contributed by atoms with Gasteiger partial charge in [-0.3, -0.25) is 9.20 Å². The Morgan fingerprint density at radius 1 is 0.820 bits per heavy atom. The van der Waals surface area contributed by atoms with Gasteiger partial charge in [-0.1, -0.05) is 54.6 Å². The van der Waals surface area contributed by atoms with Gasteiger partial charge in [0.1, 0.15) is 17.2 Å². The standard InChI is InChI=1S/C40H46N6O4/c47-39(27-31-14-19-45(20-15-31)38-16-21-46-36-9-5-4-8-35(36)43-40(46)44-38)42-18-23-49-25-24-48-22-17-41-29-32-10-12-33-28-34(50-37(33)26-32)13-11-30-6-2-1-3-7-30/h1-10,12,16,21,26,28,31,41H,11,13-15,17-20,22-25,27,29H2,(H,42,47). The number of carbonyl (C=O) groups excluding carboxylic acids is 1. The van der Waals surface area contributed by atoms with Gasteiger partial charge in [-0.2, -0.15) is 4.98 Å². The van der Waals surface area contributed by atoms with E-state index in [1.54, 1.807) is 0 Å². The van der Waals surface area contributed by atoms with E-state index in [-0.39, 0.29) is 5.91 Å². The van der Waals surface area contributed by atoms with E-state index < -0.39 is 0 Å². The molecule has 1 fully saturated rings. The Hall–Kier alpha value is -4.77. The van der Waals surface area contributed by atoms with Gasteiger partial charge in [0.25, 0.3) is 0 Å². The van der Waals surface area contributed by atoms with Crippen molar-refractivity contribution in [3.05, 3.63) is 108 Å². The lowest BCUT2D eigenvalue weighted by Crippen LogP contribution is -2.37. The van der Waals surface area contributed by atoms with Crippen LogP contribution in [0.3, 0.4) is 0 Å². The minimum absolute atomic E-state index is 0.0905. The number of aromatic nitrogens is 3. The summed E-state index contributed by atoms with van der Waals surface area (Å²) in [5.74, 6) is 3.15. The number of piperidine rings is 1. The molecule has 0 unspecified atom stereocenters. The number of nitrogens with one attached hydrogen (secondary N) is 2. The fourth-order valence-corrected chi connectivity index (χ4v) is 6.65. The van der Waals surface area contributed by atoms with Crippen molar-refractivity contribution in [3.63, 3.8) is 0 Å². The van der Waals surface area contributed by atoms with Crippen LogP contribution >= 0.6 is 0 Å². The zero-order chi connectivity index (χ0) is 34.0. The summed E-state index contributed by atoms with van der Waals surface area (Å²) in [4.78, 5) is 24.3. The van der Waals surface area contributed by atoms with Crippen molar-refractivity contribution in [3.8, 4) is 0 Å². The van der Waals surface area contributed by atoms with Crippen molar-refractivity contribution in [2.75, 3.05) is 57.5 Å². The van der Waals surface area contributed by atoms with E-state index >= 15 is 0 Å². The third-order valence-electron chi connectivity index (χ3n) is 9.41. The zero-order valence-electron chi connectivity index (χ0n) is 28.6. The molecule has 1 aliphatic heterocycles. The number of rotatable bonds is 17.